The average Bonchev–Trinajstić information content (AvgIpc) is 3.19. The van der Waals surface area contributed by atoms with E-state index in [-0.39, 0.29) is 12.6 Å². The summed E-state index contributed by atoms with van der Waals surface area (Å²) in [6, 6.07) is 7.04. The molecule has 1 aliphatic carbocycles. The van der Waals surface area contributed by atoms with Gasteiger partial charge >= 0.3 is 0 Å². The maximum Gasteiger partial charge on any atom is 0.0637 e. The van der Waals surface area contributed by atoms with Crippen LogP contribution in [0.3, 0.4) is 0 Å². The molecule has 2 fully saturated rings. The lowest BCUT2D eigenvalue weighted by Gasteiger charge is -2.29. The van der Waals surface area contributed by atoms with Crippen molar-refractivity contribution >= 4 is 17.3 Å². The third-order valence-corrected chi connectivity index (χ3v) is 4.82. The fourth-order valence-electron chi connectivity index (χ4n) is 3.08. The number of hydrogen-bond acceptors (Lipinski definition) is 3. The monoisotopic (exact) mass is 294 g/mol. The van der Waals surface area contributed by atoms with Gasteiger partial charge in [0.2, 0.25) is 0 Å². The number of nitrogens with zero attached hydrogens (tertiary/aromatic N) is 1. The standard InChI is InChI=1S/C16H23ClN2O/c1-11-6-7-19(16(11)10-20)15-8-13(17)3-2-12(15)9-18-14-4-5-14/h2-3,8,11,14,16,18,20H,4-7,9-10H2,1H3. The predicted octanol–water partition coefficient (Wildman–Crippen LogP) is 2.80. The number of halogens is 1. The Kier molecular flexibility index (Phi) is 4.20. The number of benzene rings is 1. The van der Waals surface area contributed by atoms with Crippen LogP contribution in [0.2, 0.25) is 5.02 Å². The first-order valence-corrected chi connectivity index (χ1v) is 7.96. The van der Waals surface area contributed by atoms with Crippen molar-refractivity contribution in [2.75, 3.05) is 18.1 Å². The van der Waals surface area contributed by atoms with Gasteiger partial charge in [0.05, 0.1) is 12.6 Å². The molecule has 3 rings (SSSR count). The number of anilines is 1. The zero-order valence-electron chi connectivity index (χ0n) is 12.0. The third kappa shape index (κ3) is 2.95. The second kappa shape index (κ2) is 5.92. The van der Waals surface area contributed by atoms with E-state index in [1.54, 1.807) is 0 Å². The molecule has 3 nitrogen and oxygen atoms in total. The highest BCUT2D eigenvalue weighted by atomic mass is 35.5. The van der Waals surface area contributed by atoms with Crippen molar-refractivity contribution in [2.45, 2.75) is 44.8 Å². The lowest BCUT2D eigenvalue weighted by Crippen LogP contribution is -2.36. The molecule has 0 amide bonds. The average molecular weight is 295 g/mol. The van der Waals surface area contributed by atoms with Crippen LogP contribution in [0.15, 0.2) is 18.2 Å². The van der Waals surface area contributed by atoms with Crippen LogP contribution in [-0.4, -0.2) is 30.3 Å². The molecule has 0 bridgehead atoms. The molecule has 1 saturated heterocycles. The van der Waals surface area contributed by atoms with Gasteiger partial charge in [-0.15, -0.1) is 0 Å². The van der Waals surface area contributed by atoms with Crippen LogP contribution in [0.5, 0.6) is 0 Å². The third-order valence-electron chi connectivity index (χ3n) is 4.58. The summed E-state index contributed by atoms with van der Waals surface area (Å²) in [4.78, 5) is 2.33. The summed E-state index contributed by atoms with van der Waals surface area (Å²) >= 11 is 6.19. The molecule has 2 atom stereocenters. The fraction of sp³-hybridized carbons (Fsp3) is 0.625. The second-order valence-corrected chi connectivity index (χ2v) is 6.57. The minimum atomic E-state index is 0.211. The quantitative estimate of drug-likeness (QED) is 0.876. The molecule has 1 aromatic carbocycles. The van der Waals surface area contributed by atoms with Gasteiger partial charge in [-0.25, -0.2) is 0 Å². The smallest absolute Gasteiger partial charge is 0.0637 e. The summed E-state index contributed by atoms with van der Waals surface area (Å²) in [6.07, 6.45) is 3.72. The molecule has 2 N–H and O–H groups in total. The highest BCUT2D eigenvalue weighted by Gasteiger charge is 2.32. The van der Waals surface area contributed by atoms with Gasteiger partial charge in [0.15, 0.2) is 0 Å². The SMILES string of the molecule is CC1CCN(c2cc(Cl)ccc2CNC2CC2)C1CO. The molecule has 0 radical (unpaired) electrons. The van der Waals surface area contributed by atoms with E-state index in [2.05, 4.69) is 23.2 Å². The minimum absolute atomic E-state index is 0.211. The molecular weight excluding hydrogens is 272 g/mol. The number of aliphatic hydroxyl groups excluding tert-OH is 1. The van der Waals surface area contributed by atoms with Gasteiger partial charge in [0.1, 0.15) is 0 Å². The van der Waals surface area contributed by atoms with Gasteiger partial charge in [0, 0.05) is 29.8 Å². The number of aliphatic hydroxyl groups is 1. The van der Waals surface area contributed by atoms with Crippen LogP contribution in [0.1, 0.15) is 31.7 Å². The molecule has 1 aliphatic heterocycles. The minimum Gasteiger partial charge on any atom is -0.394 e. The maximum atomic E-state index is 9.67. The summed E-state index contributed by atoms with van der Waals surface area (Å²) < 4.78 is 0. The molecular formula is C16H23ClN2O. The highest BCUT2D eigenvalue weighted by molar-refractivity contribution is 6.30. The molecule has 1 aromatic rings. The molecule has 2 unspecified atom stereocenters. The first-order valence-electron chi connectivity index (χ1n) is 7.58. The Bertz CT molecular complexity index is 476. The van der Waals surface area contributed by atoms with Crippen LogP contribution in [0.25, 0.3) is 0 Å². The first-order chi connectivity index (χ1) is 9.69. The van der Waals surface area contributed by atoms with Gasteiger partial charge in [0.25, 0.3) is 0 Å². The normalized spacial score (nSPS) is 26.2. The van der Waals surface area contributed by atoms with E-state index < -0.39 is 0 Å². The second-order valence-electron chi connectivity index (χ2n) is 6.14. The Morgan fingerprint density at radius 1 is 1.35 bits per heavy atom. The summed E-state index contributed by atoms with van der Waals surface area (Å²) in [5, 5.41) is 14.0. The molecule has 4 heteroatoms. The summed E-state index contributed by atoms with van der Waals surface area (Å²) in [6.45, 7) is 4.32. The van der Waals surface area contributed by atoms with Gasteiger partial charge in [-0.05, 0) is 42.9 Å². The Morgan fingerprint density at radius 3 is 2.85 bits per heavy atom. The number of rotatable bonds is 5. The molecule has 0 aromatic heterocycles. The van der Waals surface area contributed by atoms with Crippen LogP contribution < -0.4 is 10.2 Å². The highest BCUT2D eigenvalue weighted by Crippen LogP contribution is 2.34. The van der Waals surface area contributed by atoms with E-state index in [1.165, 1.54) is 24.1 Å². The molecule has 2 aliphatic rings. The first kappa shape index (κ1) is 14.2. The van der Waals surface area contributed by atoms with E-state index in [9.17, 15) is 5.11 Å². The number of nitrogens with one attached hydrogen (secondary N) is 1. The van der Waals surface area contributed by atoms with Crippen LogP contribution in [0.4, 0.5) is 5.69 Å². The fourth-order valence-corrected chi connectivity index (χ4v) is 3.25. The van der Waals surface area contributed by atoms with E-state index in [0.29, 0.717) is 12.0 Å². The Morgan fingerprint density at radius 2 is 2.15 bits per heavy atom. The largest absolute Gasteiger partial charge is 0.394 e. The van der Waals surface area contributed by atoms with E-state index >= 15 is 0 Å². The zero-order valence-corrected chi connectivity index (χ0v) is 12.7. The molecule has 1 saturated carbocycles. The van der Waals surface area contributed by atoms with Crippen LogP contribution in [-0.2, 0) is 6.54 Å². The molecule has 1 heterocycles. The number of hydrogen-bond donors (Lipinski definition) is 2. The van der Waals surface area contributed by atoms with Crippen LogP contribution in [0, 0.1) is 5.92 Å². The topological polar surface area (TPSA) is 35.5 Å². The Hall–Kier alpha value is -0.770. The van der Waals surface area contributed by atoms with Crippen molar-refractivity contribution in [3.8, 4) is 0 Å². The van der Waals surface area contributed by atoms with Crippen molar-refractivity contribution in [2.24, 2.45) is 5.92 Å². The Labute approximate surface area is 125 Å². The molecule has 0 spiro atoms. The van der Waals surface area contributed by atoms with Crippen molar-refractivity contribution in [3.05, 3.63) is 28.8 Å². The van der Waals surface area contributed by atoms with Crippen molar-refractivity contribution < 1.29 is 5.11 Å². The van der Waals surface area contributed by atoms with E-state index in [0.717, 1.165) is 24.5 Å². The van der Waals surface area contributed by atoms with Crippen molar-refractivity contribution in [3.63, 3.8) is 0 Å². The zero-order chi connectivity index (χ0) is 14.1. The van der Waals surface area contributed by atoms with Crippen LogP contribution >= 0.6 is 11.6 Å². The van der Waals surface area contributed by atoms with E-state index in [1.807, 2.05) is 12.1 Å². The van der Waals surface area contributed by atoms with Gasteiger partial charge in [-0.3, -0.25) is 0 Å². The summed E-state index contributed by atoms with van der Waals surface area (Å²) in [5.41, 5.74) is 2.47. The molecule has 20 heavy (non-hydrogen) atoms. The lowest BCUT2D eigenvalue weighted by atomic mass is 10.0. The Balaban J connectivity index is 1.83. The van der Waals surface area contributed by atoms with Gasteiger partial charge in [-0.2, -0.15) is 0 Å². The molecule has 110 valence electrons. The van der Waals surface area contributed by atoms with Crippen molar-refractivity contribution in [1.29, 1.82) is 0 Å². The van der Waals surface area contributed by atoms with Gasteiger partial charge in [-0.1, -0.05) is 24.6 Å². The summed E-state index contributed by atoms with van der Waals surface area (Å²) in [7, 11) is 0. The maximum absolute atomic E-state index is 9.67. The predicted molar refractivity (Wildman–Crippen MR) is 83.3 cm³/mol. The van der Waals surface area contributed by atoms with Gasteiger partial charge < -0.3 is 15.3 Å². The summed E-state index contributed by atoms with van der Waals surface area (Å²) in [5.74, 6) is 0.531. The van der Waals surface area contributed by atoms with E-state index in [4.69, 9.17) is 11.6 Å². The van der Waals surface area contributed by atoms with Crippen molar-refractivity contribution in [1.82, 2.24) is 5.32 Å². The lowest BCUT2D eigenvalue weighted by molar-refractivity contribution is 0.244.